The van der Waals surface area contributed by atoms with Crippen molar-refractivity contribution < 1.29 is 23.9 Å². The molecule has 0 spiro atoms. The molecule has 11 heteroatoms. The zero-order chi connectivity index (χ0) is 32.7. The van der Waals surface area contributed by atoms with Crippen LogP contribution in [0, 0.1) is 25.6 Å². The van der Waals surface area contributed by atoms with E-state index in [1.807, 2.05) is 52.8 Å². The van der Waals surface area contributed by atoms with Crippen LogP contribution in [-0.2, 0) is 16.0 Å². The average molecular weight is 646 g/mol. The van der Waals surface area contributed by atoms with E-state index in [0.29, 0.717) is 17.0 Å². The van der Waals surface area contributed by atoms with Crippen LogP contribution in [0.15, 0.2) is 42.5 Å². The van der Waals surface area contributed by atoms with Crippen LogP contribution in [0.1, 0.15) is 65.6 Å². The Morgan fingerprint density at radius 1 is 1.02 bits per heavy atom. The number of pyridine rings is 1. The van der Waals surface area contributed by atoms with Crippen molar-refractivity contribution in [2.45, 2.75) is 59.0 Å². The van der Waals surface area contributed by atoms with Crippen LogP contribution in [0.5, 0.6) is 0 Å². The normalized spacial score (nSPS) is 12.7. The third-order valence-corrected chi connectivity index (χ3v) is 7.59. The Bertz CT molecular complexity index is 1510. The maximum absolute atomic E-state index is 15.5. The van der Waals surface area contributed by atoms with Crippen LogP contribution in [-0.4, -0.2) is 59.5 Å². The van der Waals surface area contributed by atoms with E-state index in [1.165, 1.54) is 12.1 Å². The van der Waals surface area contributed by atoms with Crippen molar-refractivity contribution in [3.8, 4) is 11.1 Å². The molecular formula is C33H39Cl2FN4O4. The molecule has 0 saturated heterocycles. The van der Waals surface area contributed by atoms with E-state index in [4.69, 9.17) is 23.2 Å². The summed E-state index contributed by atoms with van der Waals surface area (Å²) in [6, 6.07) is 9.31. The minimum Gasteiger partial charge on any atom is -0.481 e. The van der Waals surface area contributed by atoms with Crippen molar-refractivity contribution in [1.82, 2.24) is 20.5 Å². The lowest BCUT2D eigenvalue weighted by atomic mass is 9.92. The predicted molar refractivity (Wildman–Crippen MR) is 172 cm³/mol. The van der Waals surface area contributed by atoms with Gasteiger partial charge in [-0.05, 0) is 98.9 Å². The first-order valence-corrected chi connectivity index (χ1v) is 15.1. The molecule has 2 amide bonds. The van der Waals surface area contributed by atoms with E-state index in [0.717, 1.165) is 28.9 Å². The molecule has 0 radical (unpaired) electrons. The molecule has 0 bridgehead atoms. The van der Waals surface area contributed by atoms with Crippen molar-refractivity contribution >= 4 is 41.0 Å². The number of halogens is 3. The van der Waals surface area contributed by atoms with Gasteiger partial charge < -0.3 is 20.6 Å². The molecule has 8 nitrogen and oxygen atoms in total. The van der Waals surface area contributed by atoms with Crippen LogP contribution in [0.25, 0.3) is 11.1 Å². The largest absolute Gasteiger partial charge is 0.481 e. The molecule has 0 saturated carbocycles. The van der Waals surface area contributed by atoms with Crippen LogP contribution in [0.2, 0.25) is 10.0 Å². The molecule has 3 N–H and O–H groups in total. The Balaban J connectivity index is 1.94. The Kier molecular flexibility index (Phi) is 12.3. The minimum atomic E-state index is -1.27. The number of carboxylic acid groups (broad SMARTS) is 1. The van der Waals surface area contributed by atoms with E-state index in [1.54, 1.807) is 24.3 Å². The molecule has 3 aromatic rings. The third kappa shape index (κ3) is 9.48. The molecule has 3 rings (SSSR count). The van der Waals surface area contributed by atoms with Crippen molar-refractivity contribution in [3.05, 3.63) is 86.4 Å². The minimum absolute atomic E-state index is 0.00581. The lowest BCUT2D eigenvalue weighted by Gasteiger charge is -2.25. The SMILES string of the molecule is Cc1cc(Cl)cc(C)c1-c1cc(Cl)c(F)c([C@H](CC(=O)O)NC(=O)[C@H](CC(C)C)NC(=O)c2cccc(CCN(C)C)n2)c1. The zero-order valence-electron chi connectivity index (χ0n) is 25.8. The summed E-state index contributed by atoms with van der Waals surface area (Å²) in [6.45, 7) is 8.24. The van der Waals surface area contributed by atoms with E-state index in [2.05, 4.69) is 15.6 Å². The second-order valence-corrected chi connectivity index (χ2v) is 12.5. The Morgan fingerprint density at radius 3 is 2.27 bits per heavy atom. The van der Waals surface area contributed by atoms with Gasteiger partial charge in [0.05, 0.1) is 17.5 Å². The number of likely N-dealkylation sites (N-methyl/N-ethyl adjacent to an activating group) is 1. The molecule has 236 valence electrons. The second-order valence-electron chi connectivity index (χ2n) is 11.7. The number of aliphatic carboxylic acids is 1. The number of carbonyl (C=O) groups is 3. The van der Waals surface area contributed by atoms with Crippen LogP contribution in [0.3, 0.4) is 0 Å². The molecule has 44 heavy (non-hydrogen) atoms. The summed E-state index contributed by atoms with van der Waals surface area (Å²) in [5, 5.41) is 15.4. The summed E-state index contributed by atoms with van der Waals surface area (Å²) in [5.41, 5.74) is 3.77. The number of aryl methyl sites for hydroxylation is 2. The standard InChI is InChI=1S/C33H39Cl2FN4O4/c1-18(2)12-28(39-32(43)26-9-7-8-23(37-26)10-11-40(5)6)33(44)38-27(17-29(41)42)24-15-21(16-25(35)31(24)36)30-19(3)13-22(34)14-20(30)4/h7-9,13-16,18,27-28H,10-12,17H2,1-6H3,(H,38,44)(H,39,43)(H,41,42)/t27-,28-/m0/s1. The fraction of sp³-hybridized carbons (Fsp3) is 0.394. The van der Waals surface area contributed by atoms with Crippen molar-refractivity contribution in [2.24, 2.45) is 5.92 Å². The van der Waals surface area contributed by atoms with Crippen LogP contribution in [0.4, 0.5) is 4.39 Å². The maximum Gasteiger partial charge on any atom is 0.305 e. The topological polar surface area (TPSA) is 112 Å². The average Bonchev–Trinajstić information content (AvgIpc) is 2.92. The van der Waals surface area contributed by atoms with E-state index in [-0.39, 0.29) is 28.6 Å². The Hall–Kier alpha value is -3.53. The number of rotatable bonds is 13. The highest BCUT2D eigenvalue weighted by atomic mass is 35.5. The van der Waals surface area contributed by atoms with Gasteiger partial charge in [-0.2, -0.15) is 0 Å². The van der Waals surface area contributed by atoms with Gasteiger partial charge in [0.15, 0.2) is 0 Å². The molecule has 0 fully saturated rings. The van der Waals surface area contributed by atoms with Crippen LogP contribution < -0.4 is 10.6 Å². The van der Waals surface area contributed by atoms with Gasteiger partial charge in [0.2, 0.25) is 5.91 Å². The molecule has 0 aliphatic rings. The summed E-state index contributed by atoms with van der Waals surface area (Å²) >= 11 is 12.5. The van der Waals surface area contributed by atoms with Gasteiger partial charge in [0.1, 0.15) is 17.6 Å². The van der Waals surface area contributed by atoms with Gasteiger partial charge in [0, 0.05) is 29.2 Å². The van der Waals surface area contributed by atoms with Crippen molar-refractivity contribution in [3.63, 3.8) is 0 Å². The molecule has 0 aliphatic heterocycles. The van der Waals surface area contributed by atoms with E-state index >= 15 is 4.39 Å². The number of nitrogens with zero attached hydrogens (tertiary/aromatic N) is 2. The predicted octanol–water partition coefficient (Wildman–Crippen LogP) is 6.39. The van der Waals surface area contributed by atoms with E-state index in [9.17, 15) is 19.5 Å². The molecule has 2 atom stereocenters. The molecule has 0 unspecified atom stereocenters. The number of hydrogen-bond acceptors (Lipinski definition) is 5. The lowest BCUT2D eigenvalue weighted by Crippen LogP contribution is -2.48. The summed E-state index contributed by atoms with van der Waals surface area (Å²) in [4.78, 5) is 45.2. The third-order valence-electron chi connectivity index (χ3n) is 7.10. The number of carbonyl (C=O) groups excluding carboxylic acids is 2. The summed E-state index contributed by atoms with van der Waals surface area (Å²) in [5.74, 6) is -3.29. The first kappa shape index (κ1) is 35.0. The molecule has 2 aromatic carbocycles. The van der Waals surface area contributed by atoms with Gasteiger partial charge in [0.25, 0.3) is 5.91 Å². The summed E-state index contributed by atoms with van der Waals surface area (Å²) < 4.78 is 15.5. The second kappa shape index (κ2) is 15.5. The highest BCUT2D eigenvalue weighted by molar-refractivity contribution is 6.31. The number of hydrogen-bond donors (Lipinski definition) is 3. The number of aromatic nitrogens is 1. The van der Waals surface area contributed by atoms with Gasteiger partial charge in [-0.1, -0.05) is 43.1 Å². The number of amides is 2. The van der Waals surface area contributed by atoms with Crippen molar-refractivity contribution in [1.29, 1.82) is 0 Å². The van der Waals surface area contributed by atoms with Crippen molar-refractivity contribution in [2.75, 3.05) is 20.6 Å². The highest BCUT2D eigenvalue weighted by Crippen LogP contribution is 2.36. The number of nitrogens with one attached hydrogen (secondary N) is 2. The van der Waals surface area contributed by atoms with Gasteiger partial charge in [-0.3, -0.25) is 14.4 Å². The number of carboxylic acids is 1. The fourth-order valence-corrected chi connectivity index (χ4v) is 5.63. The Morgan fingerprint density at radius 2 is 1.68 bits per heavy atom. The quantitative estimate of drug-likeness (QED) is 0.199. The maximum atomic E-state index is 15.5. The molecule has 1 aromatic heterocycles. The zero-order valence-corrected chi connectivity index (χ0v) is 27.3. The van der Waals surface area contributed by atoms with Crippen LogP contribution >= 0.6 is 23.2 Å². The number of benzene rings is 2. The first-order chi connectivity index (χ1) is 20.7. The molecular weight excluding hydrogens is 606 g/mol. The molecule has 0 aliphatic carbocycles. The fourth-order valence-electron chi connectivity index (χ4n) is 5.08. The summed E-state index contributed by atoms with van der Waals surface area (Å²) in [7, 11) is 3.89. The van der Waals surface area contributed by atoms with Gasteiger partial charge in [-0.25, -0.2) is 9.37 Å². The first-order valence-electron chi connectivity index (χ1n) is 14.4. The smallest absolute Gasteiger partial charge is 0.305 e. The van der Waals surface area contributed by atoms with Gasteiger partial charge >= 0.3 is 5.97 Å². The summed E-state index contributed by atoms with van der Waals surface area (Å²) in [6.07, 6.45) is 0.284. The van der Waals surface area contributed by atoms with Gasteiger partial charge in [-0.15, -0.1) is 0 Å². The monoisotopic (exact) mass is 644 g/mol. The van der Waals surface area contributed by atoms with E-state index < -0.39 is 42.1 Å². The lowest BCUT2D eigenvalue weighted by molar-refractivity contribution is -0.137. The highest BCUT2D eigenvalue weighted by Gasteiger charge is 2.29. The molecule has 1 heterocycles. The Labute approximate surface area is 268 Å².